The van der Waals surface area contributed by atoms with Crippen LogP contribution in [0.3, 0.4) is 0 Å². The van der Waals surface area contributed by atoms with Crippen LogP contribution < -0.4 is 0 Å². The summed E-state index contributed by atoms with van der Waals surface area (Å²) in [6, 6.07) is 18.4. The molecular weight excluding hydrogens is 559 g/mol. The fourth-order valence-corrected chi connectivity index (χ4v) is 6.67. The van der Waals surface area contributed by atoms with Crippen molar-refractivity contribution >= 4 is 53.3 Å². The van der Waals surface area contributed by atoms with Crippen LogP contribution in [0.1, 0.15) is 13.7 Å². The minimum atomic E-state index is -0.612. The molecule has 5 aromatic carbocycles. The summed E-state index contributed by atoms with van der Waals surface area (Å²) in [4.78, 5) is 18.0. The van der Waals surface area contributed by atoms with Crippen molar-refractivity contribution in [2.24, 2.45) is 0 Å². The number of rotatable bonds is 4. The first-order valence-corrected chi connectivity index (χ1v) is 14.5. The summed E-state index contributed by atoms with van der Waals surface area (Å²) in [5, 5.41) is 4.53. The first-order valence-electron chi connectivity index (χ1n) is 18.7. The molecule has 0 fully saturated rings. The second-order valence-electron chi connectivity index (χ2n) is 10.0. The second kappa shape index (κ2) is 9.93. The normalized spacial score (nSPS) is 14.8. The van der Waals surface area contributed by atoms with E-state index in [9.17, 15) is 0 Å². The van der Waals surface area contributed by atoms with E-state index in [1.807, 2.05) is 36.4 Å². The first-order chi connectivity index (χ1) is 25.9. The zero-order valence-electron chi connectivity index (χ0n) is 32.6. The first kappa shape index (κ1) is 16.8. The van der Waals surface area contributed by atoms with Gasteiger partial charge in [0.1, 0.15) is 5.69 Å². The van der Waals surface area contributed by atoms with E-state index in [2.05, 4.69) is 49.9 Å². The van der Waals surface area contributed by atoms with E-state index < -0.39 is 60.4 Å². The Morgan fingerprint density at radius 1 is 0.545 bits per heavy atom. The Bertz CT molecular complexity index is 2920. The molecule has 0 saturated carbocycles. The van der Waals surface area contributed by atoms with E-state index in [0.29, 0.717) is 0 Å². The number of para-hydroxylation sites is 1. The molecule has 206 valence electrons. The Balaban J connectivity index is 1.25. The van der Waals surface area contributed by atoms with Gasteiger partial charge in [-0.25, -0.2) is 15.0 Å². The molecule has 0 radical (unpaired) electrons. The average Bonchev–Trinajstić information content (AvgIpc) is 3.71. The van der Waals surface area contributed by atoms with E-state index in [4.69, 9.17) is 18.7 Å². The smallest absolute Gasteiger partial charge is 0.182 e. The van der Waals surface area contributed by atoms with Gasteiger partial charge in [-0.15, -0.1) is 11.3 Å². The van der Waals surface area contributed by atoms with Crippen LogP contribution in [-0.4, -0.2) is 24.5 Å². The van der Waals surface area contributed by atoms with Gasteiger partial charge in [-0.3, -0.25) is 4.98 Å². The van der Waals surface area contributed by atoms with Gasteiger partial charge in [-0.1, -0.05) is 96.8 Å². The molecule has 0 N–H and O–H groups in total. The molecule has 0 unspecified atom stereocenters. The molecule has 5 nitrogen and oxygen atoms in total. The van der Waals surface area contributed by atoms with E-state index in [-0.39, 0.29) is 34.3 Å². The highest BCUT2D eigenvalue weighted by molar-refractivity contribution is 7.25. The molecule has 0 spiro atoms. The van der Waals surface area contributed by atoms with Crippen LogP contribution in [0.5, 0.6) is 0 Å². The molecule has 0 saturated heterocycles. The standard InChI is InChI=1S/C38H23N5S/c1-3-11-24(12-4-1)36-40-37(25-13-5-2-6-14-25)42-38(41-36)31-20-19-26(23-39-31)43-32-17-9-7-15-27(32)29-21-30-28-16-8-10-18-34(28)44-35(30)22-33(29)43/h1-23H/i1D,2D,3D,4D,5D,6D,11D,12D,13D,14D. The summed E-state index contributed by atoms with van der Waals surface area (Å²) in [5.41, 5.74) is 2.21. The lowest BCUT2D eigenvalue weighted by atomic mass is 10.1. The highest BCUT2D eigenvalue weighted by Gasteiger charge is 2.17. The van der Waals surface area contributed by atoms with Gasteiger partial charge in [0.25, 0.3) is 0 Å². The van der Waals surface area contributed by atoms with E-state index in [0.717, 1.165) is 32.2 Å². The van der Waals surface area contributed by atoms with Crippen molar-refractivity contribution in [2.75, 3.05) is 0 Å². The van der Waals surface area contributed by atoms with Gasteiger partial charge in [0.05, 0.1) is 36.6 Å². The fraction of sp³-hybridized carbons (Fsp3) is 0. The minimum absolute atomic E-state index is 0.102. The number of benzene rings is 5. The predicted octanol–water partition coefficient (Wildman–Crippen LogP) is 9.73. The lowest BCUT2D eigenvalue weighted by Gasteiger charge is -2.10. The van der Waals surface area contributed by atoms with Gasteiger partial charge in [0, 0.05) is 42.1 Å². The molecule has 9 aromatic rings. The van der Waals surface area contributed by atoms with Gasteiger partial charge in [0.15, 0.2) is 17.5 Å². The monoisotopic (exact) mass is 591 g/mol. The van der Waals surface area contributed by atoms with Gasteiger partial charge < -0.3 is 4.57 Å². The highest BCUT2D eigenvalue weighted by Crippen LogP contribution is 2.40. The zero-order valence-corrected chi connectivity index (χ0v) is 23.5. The molecule has 6 heteroatoms. The Hall–Kier alpha value is -5.72. The molecule has 0 aliphatic rings. The highest BCUT2D eigenvalue weighted by atomic mass is 32.1. The summed E-state index contributed by atoms with van der Waals surface area (Å²) in [6.07, 6.45) is 1.65. The third-order valence-corrected chi connectivity index (χ3v) is 8.62. The van der Waals surface area contributed by atoms with Crippen LogP contribution >= 0.6 is 11.3 Å². The molecule has 4 heterocycles. The molecule has 0 atom stereocenters. The number of thiophene rings is 1. The summed E-state index contributed by atoms with van der Waals surface area (Å²) in [6.45, 7) is 0. The van der Waals surface area contributed by atoms with Crippen LogP contribution in [0.4, 0.5) is 0 Å². The zero-order chi connectivity index (χ0) is 37.7. The predicted molar refractivity (Wildman–Crippen MR) is 181 cm³/mol. The molecule has 44 heavy (non-hydrogen) atoms. The van der Waals surface area contributed by atoms with Crippen molar-refractivity contribution in [2.45, 2.75) is 0 Å². The Morgan fingerprint density at radius 2 is 1.20 bits per heavy atom. The molecular formula is C38H23N5S. The third-order valence-electron chi connectivity index (χ3n) is 7.49. The largest absolute Gasteiger partial charge is 0.308 e. The van der Waals surface area contributed by atoms with Crippen LogP contribution in [0, 0.1) is 0 Å². The lowest BCUT2D eigenvalue weighted by molar-refractivity contribution is 1.05. The summed E-state index contributed by atoms with van der Waals surface area (Å²) in [7, 11) is 0. The van der Waals surface area contributed by atoms with Gasteiger partial charge in [-0.05, 0) is 36.4 Å². The van der Waals surface area contributed by atoms with Crippen molar-refractivity contribution < 1.29 is 13.7 Å². The summed E-state index contributed by atoms with van der Waals surface area (Å²) < 4.78 is 87.8. The van der Waals surface area contributed by atoms with E-state index in [1.54, 1.807) is 23.6 Å². The van der Waals surface area contributed by atoms with Crippen molar-refractivity contribution in [3.63, 3.8) is 0 Å². The average molecular weight is 592 g/mol. The Kier molecular flexibility index (Phi) is 3.79. The molecule has 0 amide bonds. The van der Waals surface area contributed by atoms with Crippen LogP contribution in [0.15, 0.2) is 139 Å². The number of pyridine rings is 1. The molecule has 4 aromatic heterocycles. The van der Waals surface area contributed by atoms with Crippen LogP contribution in [-0.2, 0) is 0 Å². The van der Waals surface area contributed by atoms with Crippen molar-refractivity contribution in [1.82, 2.24) is 24.5 Å². The van der Waals surface area contributed by atoms with E-state index in [1.165, 1.54) is 15.5 Å². The number of nitrogens with zero attached hydrogens (tertiary/aromatic N) is 5. The number of fused-ring (bicyclic) bond motifs is 6. The van der Waals surface area contributed by atoms with Crippen molar-refractivity contribution in [3.8, 4) is 40.0 Å². The Labute approximate surface area is 270 Å². The molecule has 0 aliphatic heterocycles. The van der Waals surface area contributed by atoms with Crippen LogP contribution in [0.2, 0.25) is 0 Å². The lowest BCUT2D eigenvalue weighted by Crippen LogP contribution is -2.02. The maximum atomic E-state index is 8.58. The van der Waals surface area contributed by atoms with Crippen molar-refractivity contribution in [1.29, 1.82) is 0 Å². The SMILES string of the molecule is [2H]c1c([2H])c([2H])c(-c2nc(-c3ccc(-n4c5ccccc5c5cc6c(cc54)sc4ccccc46)cn3)nc(-c3c([2H])c([2H])c([2H])c([2H])c3[2H])n2)c([2H])c1[2H]. The minimum Gasteiger partial charge on any atom is -0.308 e. The topological polar surface area (TPSA) is 56.5 Å². The summed E-state index contributed by atoms with van der Waals surface area (Å²) >= 11 is 1.73. The van der Waals surface area contributed by atoms with Gasteiger partial charge in [-0.2, -0.15) is 0 Å². The van der Waals surface area contributed by atoms with Gasteiger partial charge in [0.2, 0.25) is 0 Å². The number of hydrogen-bond acceptors (Lipinski definition) is 5. The molecule has 0 bridgehead atoms. The van der Waals surface area contributed by atoms with Crippen molar-refractivity contribution in [3.05, 3.63) is 139 Å². The Morgan fingerprint density at radius 3 is 1.91 bits per heavy atom. The number of hydrogen-bond donors (Lipinski definition) is 0. The maximum absolute atomic E-state index is 8.58. The summed E-state index contributed by atoms with van der Waals surface area (Å²) in [5.74, 6) is -0.798. The van der Waals surface area contributed by atoms with E-state index >= 15 is 0 Å². The quantitative estimate of drug-likeness (QED) is 0.204. The molecule has 0 aliphatic carbocycles. The maximum Gasteiger partial charge on any atom is 0.182 e. The number of aromatic nitrogens is 5. The third kappa shape index (κ3) is 4.00. The molecule has 9 rings (SSSR count). The van der Waals surface area contributed by atoms with Gasteiger partial charge >= 0.3 is 0 Å². The second-order valence-corrected chi connectivity index (χ2v) is 11.1. The van der Waals surface area contributed by atoms with Crippen LogP contribution in [0.25, 0.3) is 82.0 Å². The fourth-order valence-electron chi connectivity index (χ4n) is 5.55.